The van der Waals surface area contributed by atoms with Gasteiger partial charge in [-0.15, -0.1) is 0 Å². The van der Waals surface area contributed by atoms with E-state index in [9.17, 15) is 14.7 Å². The first kappa shape index (κ1) is 21.1. The molecule has 30 heavy (non-hydrogen) atoms. The minimum Gasteiger partial charge on any atom is -1.00 e. The second-order valence-corrected chi connectivity index (χ2v) is 6.26. The molecule has 0 radical (unpaired) electrons. The van der Waals surface area contributed by atoms with Crippen molar-refractivity contribution in [2.45, 2.75) is 0 Å². The molecule has 0 aliphatic heterocycles. The van der Waals surface area contributed by atoms with Gasteiger partial charge in [-0.1, -0.05) is 24.3 Å². The Hall–Kier alpha value is -3.60. The Morgan fingerprint density at radius 1 is 1.13 bits per heavy atom. The smallest absolute Gasteiger partial charge is 1.00 e. The summed E-state index contributed by atoms with van der Waals surface area (Å²) in [5, 5.41) is 9.73. The molecule has 4 aromatic rings. The molecule has 0 spiro atoms. The molecular formula is C21H17LiN4O4. The van der Waals surface area contributed by atoms with E-state index in [1.807, 2.05) is 6.07 Å². The molecule has 0 saturated carbocycles. The average molecular weight is 396 g/mol. The van der Waals surface area contributed by atoms with Crippen molar-refractivity contribution in [3.63, 3.8) is 0 Å². The molecule has 0 aliphatic carbocycles. The minimum atomic E-state index is -1.15. The summed E-state index contributed by atoms with van der Waals surface area (Å²) in [6, 6.07) is 15.5. The number of anilines is 1. The van der Waals surface area contributed by atoms with Crippen LogP contribution in [-0.2, 0) is 0 Å². The third-order valence-electron chi connectivity index (χ3n) is 4.52. The number of carbonyl (C=O) groups is 1. The molecule has 0 saturated heterocycles. The standard InChI is InChI=1S/C21H16N4O4.Li.H/c1-29-18-16(20(27)28)10-13(11-23-18)12-7-8-17-15(9-12)19(26)25(21(22)24-17)14-5-3-2-4-6-14;;/h2-11H,1H3,(H2,22,24)(H,27,28);;/q;+1;-1. The predicted octanol–water partition coefficient (Wildman–Crippen LogP) is -0.147. The second-order valence-electron chi connectivity index (χ2n) is 6.26. The van der Waals surface area contributed by atoms with Gasteiger partial charge in [0.2, 0.25) is 11.8 Å². The maximum atomic E-state index is 13.1. The van der Waals surface area contributed by atoms with Gasteiger partial charge in [0.25, 0.3) is 5.56 Å². The van der Waals surface area contributed by atoms with Gasteiger partial charge in [-0.25, -0.2) is 19.3 Å². The van der Waals surface area contributed by atoms with Crippen LogP contribution >= 0.6 is 0 Å². The number of hydrogen-bond acceptors (Lipinski definition) is 6. The number of carboxylic acids is 1. The van der Waals surface area contributed by atoms with Crippen molar-refractivity contribution in [3.8, 4) is 22.7 Å². The number of ether oxygens (including phenoxy) is 1. The molecule has 4 rings (SSSR count). The number of pyridine rings is 1. The van der Waals surface area contributed by atoms with Gasteiger partial charge in [0.05, 0.1) is 23.7 Å². The van der Waals surface area contributed by atoms with E-state index in [1.165, 1.54) is 23.9 Å². The summed E-state index contributed by atoms with van der Waals surface area (Å²) in [6.07, 6.45) is 1.49. The number of aromatic nitrogens is 3. The number of hydrogen-bond donors (Lipinski definition) is 2. The first-order chi connectivity index (χ1) is 14.0. The van der Waals surface area contributed by atoms with E-state index in [2.05, 4.69) is 9.97 Å². The summed E-state index contributed by atoms with van der Waals surface area (Å²) < 4.78 is 6.33. The fourth-order valence-electron chi connectivity index (χ4n) is 3.13. The van der Waals surface area contributed by atoms with Crippen LogP contribution in [0.5, 0.6) is 5.88 Å². The number of fused-ring (bicyclic) bond motifs is 1. The number of carboxylic acid groups (broad SMARTS) is 1. The van der Waals surface area contributed by atoms with Crippen molar-refractivity contribution in [1.82, 2.24) is 14.5 Å². The van der Waals surface area contributed by atoms with Crippen LogP contribution in [0, 0.1) is 0 Å². The predicted molar refractivity (Wildman–Crippen MR) is 110 cm³/mol. The van der Waals surface area contributed by atoms with E-state index in [-0.39, 0.29) is 43.2 Å². The number of aromatic carboxylic acids is 1. The zero-order valence-electron chi connectivity index (χ0n) is 17.4. The average Bonchev–Trinajstić information content (AvgIpc) is 2.74. The number of nitrogen functional groups attached to an aromatic ring is 1. The van der Waals surface area contributed by atoms with Gasteiger partial charge in [0.15, 0.2) is 0 Å². The molecule has 0 unspecified atom stereocenters. The van der Waals surface area contributed by atoms with E-state index in [1.54, 1.807) is 42.5 Å². The van der Waals surface area contributed by atoms with Gasteiger partial charge in [0, 0.05) is 11.8 Å². The topological polar surface area (TPSA) is 120 Å². The summed E-state index contributed by atoms with van der Waals surface area (Å²) in [7, 11) is 1.35. The fourth-order valence-corrected chi connectivity index (χ4v) is 3.13. The summed E-state index contributed by atoms with van der Waals surface area (Å²) in [4.78, 5) is 33.0. The van der Waals surface area contributed by atoms with Crippen LogP contribution in [0.2, 0.25) is 0 Å². The molecule has 3 N–H and O–H groups in total. The van der Waals surface area contributed by atoms with Crippen molar-refractivity contribution in [3.05, 3.63) is 76.7 Å². The van der Waals surface area contributed by atoms with Crippen molar-refractivity contribution in [2.24, 2.45) is 0 Å². The first-order valence-electron chi connectivity index (χ1n) is 8.65. The first-order valence-corrected chi connectivity index (χ1v) is 8.65. The fraction of sp³-hybridized carbons (Fsp3) is 0.0476. The summed E-state index contributed by atoms with van der Waals surface area (Å²) >= 11 is 0. The van der Waals surface area contributed by atoms with Crippen LogP contribution in [0.25, 0.3) is 27.7 Å². The number of para-hydroxylation sites is 1. The maximum Gasteiger partial charge on any atom is 1.00 e. The molecule has 8 nitrogen and oxygen atoms in total. The Bertz CT molecular complexity index is 1310. The van der Waals surface area contributed by atoms with Gasteiger partial charge in [-0.05, 0) is 35.9 Å². The molecular weight excluding hydrogens is 379 g/mol. The Kier molecular flexibility index (Phi) is 5.92. The Balaban J connectivity index is 0.00000171. The number of methoxy groups -OCH3 is 1. The number of rotatable bonds is 4. The minimum absolute atomic E-state index is 0. The van der Waals surface area contributed by atoms with Crippen LogP contribution in [0.1, 0.15) is 11.8 Å². The van der Waals surface area contributed by atoms with E-state index < -0.39 is 5.97 Å². The van der Waals surface area contributed by atoms with Crippen molar-refractivity contribution < 1.29 is 34.9 Å². The Labute approximate surface area is 184 Å². The molecule has 2 aromatic carbocycles. The van der Waals surface area contributed by atoms with Gasteiger partial charge < -0.3 is 17.0 Å². The zero-order valence-corrected chi connectivity index (χ0v) is 16.4. The summed E-state index contributed by atoms with van der Waals surface area (Å²) in [5.41, 5.74) is 7.84. The van der Waals surface area contributed by atoms with E-state index in [4.69, 9.17) is 10.5 Å². The van der Waals surface area contributed by atoms with Crippen molar-refractivity contribution in [1.29, 1.82) is 0 Å². The third kappa shape index (κ3) is 3.66. The van der Waals surface area contributed by atoms with Gasteiger partial charge in [-0.3, -0.25) is 4.79 Å². The normalized spacial score (nSPS) is 10.4. The number of nitrogens with zero attached hydrogens (tertiary/aromatic N) is 3. The largest absolute Gasteiger partial charge is 1.00 e. The molecule has 2 aromatic heterocycles. The van der Waals surface area contributed by atoms with Crippen LogP contribution in [0.15, 0.2) is 65.6 Å². The van der Waals surface area contributed by atoms with Gasteiger partial charge >= 0.3 is 24.8 Å². The molecule has 146 valence electrons. The molecule has 2 heterocycles. The zero-order chi connectivity index (χ0) is 20.5. The molecule has 0 amide bonds. The Morgan fingerprint density at radius 3 is 2.53 bits per heavy atom. The van der Waals surface area contributed by atoms with E-state index in [0.717, 1.165) is 0 Å². The van der Waals surface area contributed by atoms with E-state index in [0.29, 0.717) is 27.7 Å². The van der Waals surface area contributed by atoms with Crippen LogP contribution in [0.3, 0.4) is 0 Å². The summed E-state index contributed by atoms with van der Waals surface area (Å²) in [5.74, 6) is -1.05. The maximum absolute atomic E-state index is 13.1. The number of benzene rings is 2. The second kappa shape index (κ2) is 8.41. The van der Waals surface area contributed by atoms with E-state index >= 15 is 0 Å². The quantitative estimate of drug-likeness (QED) is 0.461. The SMILES string of the molecule is COc1ncc(-c2ccc3nc(N)n(-c4ccccc4)c(=O)c3c2)cc1C(=O)O.[H-].[Li+]. The van der Waals surface area contributed by atoms with Crippen molar-refractivity contribution in [2.75, 3.05) is 12.8 Å². The van der Waals surface area contributed by atoms with Crippen molar-refractivity contribution >= 4 is 22.8 Å². The monoisotopic (exact) mass is 396 g/mol. The number of nitrogens with two attached hydrogens (primary N) is 1. The third-order valence-corrected chi connectivity index (χ3v) is 4.52. The molecule has 0 fully saturated rings. The van der Waals surface area contributed by atoms with Crippen LogP contribution < -0.4 is 34.9 Å². The molecule has 0 atom stereocenters. The van der Waals surface area contributed by atoms with Gasteiger partial charge in [-0.2, -0.15) is 0 Å². The molecule has 9 heteroatoms. The molecule has 0 aliphatic rings. The molecule has 0 bridgehead atoms. The van der Waals surface area contributed by atoms with Gasteiger partial charge in [0.1, 0.15) is 5.56 Å². The summed E-state index contributed by atoms with van der Waals surface area (Å²) in [6.45, 7) is 0. The van der Waals surface area contributed by atoms with Crippen LogP contribution in [-0.4, -0.2) is 32.7 Å². The van der Waals surface area contributed by atoms with Crippen LogP contribution in [0.4, 0.5) is 5.95 Å². The Morgan fingerprint density at radius 2 is 1.87 bits per heavy atom.